The van der Waals surface area contributed by atoms with E-state index in [1.54, 1.807) is 30.3 Å². The summed E-state index contributed by atoms with van der Waals surface area (Å²) in [4.78, 5) is -0.371. The Morgan fingerprint density at radius 3 is 2.24 bits per heavy atom. The van der Waals surface area contributed by atoms with E-state index in [1.807, 2.05) is 0 Å². The van der Waals surface area contributed by atoms with Crippen molar-refractivity contribution < 1.29 is 8.42 Å². The van der Waals surface area contributed by atoms with Crippen LogP contribution in [0.4, 0.5) is 0 Å². The van der Waals surface area contributed by atoms with E-state index in [-0.39, 0.29) is 9.80 Å². The van der Waals surface area contributed by atoms with Gasteiger partial charge in [0.05, 0.1) is 4.90 Å². The zero-order valence-corrected chi connectivity index (χ0v) is 13.0. The Hall–Kier alpha value is -1.80. The molecule has 0 aromatic heterocycles. The molecule has 0 heterocycles. The number of benzene rings is 2. The molecule has 2 aromatic rings. The molecule has 6 heteroatoms. The summed E-state index contributed by atoms with van der Waals surface area (Å²) >= 11 is 11.7. The zero-order chi connectivity index (χ0) is 15.5. The quantitative estimate of drug-likeness (QED) is 0.783. The standard InChI is InChI=1S/C15H9Cl2NO2S/c16-12-5-7-13(8-6-12)21(19,20)14(10-18)9-11-3-1-2-4-15(11)17/h1-9H. The SMILES string of the molecule is N#CC(=Cc1ccccc1Cl)S(=O)(=O)c1ccc(Cl)cc1. The van der Waals surface area contributed by atoms with Crippen LogP contribution in [0.3, 0.4) is 0 Å². The van der Waals surface area contributed by atoms with Gasteiger partial charge in [0, 0.05) is 10.0 Å². The molecular weight excluding hydrogens is 329 g/mol. The number of rotatable bonds is 3. The predicted molar refractivity (Wildman–Crippen MR) is 83.7 cm³/mol. The second-order valence-corrected chi connectivity index (χ2v) is 6.86. The van der Waals surface area contributed by atoms with E-state index in [2.05, 4.69) is 0 Å². The predicted octanol–water partition coefficient (Wildman–Crippen LogP) is 4.33. The smallest absolute Gasteiger partial charge is 0.216 e. The Morgan fingerprint density at radius 1 is 1.05 bits per heavy atom. The Kier molecular flexibility index (Phi) is 4.69. The lowest BCUT2D eigenvalue weighted by Crippen LogP contribution is -2.03. The lowest BCUT2D eigenvalue weighted by Gasteiger charge is -2.04. The second-order valence-electron chi connectivity index (χ2n) is 4.10. The lowest BCUT2D eigenvalue weighted by molar-refractivity contribution is 0.603. The van der Waals surface area contributed by atoms with Crippen molar-refractivity contribution in [2.45, 2.75) is 4.90 Å². The van der Waals surface area contributed by atoms with Crippen molar-refractivity contribution in [2.24, 2.45) is 0 Å². The van der Waals surface area contributed by atoms with Crippen LogP contribution in [0.5, 0.6) is 0 Å². The maximum atomic E-state index is 12.4. The Bertz CT molecular complexity index is 835. The van der Waals surface area contributed by atoms with E-state index in [1.165, 1.54) is 30.3 Å². The number of halogens is 2. The number of hydrogen-bond acceptors (Lipinski definition) is 3. The number of nitrogens with zero attached hydrogens (tertiary/aromatic N) is 1. The molecule has 0 saturated carbocycles. The fourth-order valence-corrected chi connectivity index (χ4v) is 3.11. The molecule has 2 rings (SSSR count). The summed E-state index contributed by atoms with van der Waals surface area (Å²) < 4.78 is 24.8. The monoisotopic (exact) mass is 337 g/mol. The first-order valence-electron chi connectivity index (χ1n) is 5.82. The van der Waals surface area contributed by atoms with Gasteiger partial charge in [-0.3, -0.25) is 0 Å². The van der Waals surface area contributed by atoms with Crippen LogP contribution in [0.2, 0.25) is 10.0 Å². The molecule has 0 aliphatic rings. The van der Waals surface area contributed by atoms with E-state index in [0.29, 0.717) is 15.6 Å². The van der Waals surface area contributed by atoms with Gasteiger partial charge in [0.1, 0.15) is 11.0 Å². The van der Waals surface area contributed by atoms with Gasteiger partial charge in [-0.1, -0.05) is 41.4 Å². The van der Waals surface area contributed by atoms with Gasteiger partial charge in [-0.15, -0.1) is 0 Å². The van der Waals surface area contributed by atoms with Gasteiger partial charge < -0.3 is 0 Å². The van der Waals surface area contributed by atoms with Crippen molar-refractivity contribution in [1.29, 1.82) is 5.26 Å². The highest BCUT2D eigenvalue weighted by molar-refractivity contribution is 7.95. The number of allylic oxidation sites excluding steroid dienone is 1. The third-order valence-electron chi connectivity index (χ3n) is 2.72. The molecule has 0 fully saturated rings. The van der Waals surface area contributed by atoms with Gasteiger partial charge in [0.2, 0.25) is 9.84 Å². The van der Waals surface area contributed by atoms with Gasteiger partial charge >= 0.3 is 0 Å². The van der Waals surface area contributed by atoms with Crippen molar-refractivity contribution in [3.05, 3.63) is 69.0 Å². The van der Waals surface area contributed by atoms with Crippen LogP contribution in [0, 0.1) is 11.3 Å². The molecule has 106 valence electrons. The van der Waals surface area contributed by atoms with Crippen LogP contribution in [0.1, 0.15) is 5.56 Å². The molecule has 0 aliphatic carbocycles. The van der Waals surface area contributed by atoms with E-state index < -0.39 is 9.84 Å². The van der Waals surface area contributed by atoms with Gasteiger partial charge in [0.25, 0.3) is 0 Å². The van der Waals surface area contributed by atoms with Gasteiger partial charge in [-0.05, 0) is 42.0 Å². The highest BCUT2D eigenvalue weighted by Crippen LogP contribution is 2.25. The van der Waals surface area contributed by atoms with Crippen molar-refractivity contribution >= 4 is 39.1 Å². The number of hydrogen-bond donors (Lipinski definition) is 0. The largest absolute Gasteiger partial charge is 0.218 e. The summed E-state index contributed by atoms with van der Waals surface area (Å²) in [5.41, 5.74) is 0.466. The minimum Gasteiger partial charge on any atom is -0.218 e. The molecule has 0 radical (unpaired) electrons. The van der Waals surface area contributed by atoms with Crippen LogP contribution in [-0.2, 0) is 9.84 Å². The maximum absolute atomic E-state index is 12.4. The normalized spacial score (nSPS) is 12.0. The molecule has 0 bridgehead atoms. The van der Waals surface area contributed by atoms with Gasteiger partial charge in [-0.2, -0.15) is 5.26 Å². The summed E-state index contributed by atoms with van der Waals surface area (Å²) in [6.07, 6.45) is 1.26. The molecule has 0 aliphatic heterocycles. The van der Waals surface area contributed by atoms with E-state index in [0.717, 1.165) is 0 Å². The minimum atomic E-state index is -3.90. The molecule has 0 unspecified atom stereocenters. The fraction of sp³-hybridized carbons (Fsp3) is 0. The molecule has 0 N–H and O–H groups in total. The first-order chi connectivity index (χ1) is 9.95. The highest BCUT2D eigenvalue weighted by Gasteiger charge is 2.21. The minimum absolute atomic E-state index is 0.00625. The second kappa shape index (κ2) is 6.31. The zero-order valence-electron chi connectivity index (χ0n) is 10.6. The molecule has 3 nitrogen and oxygen atoms in total. The highest BCUT2D eigenvalue weighted by atomic mass is 35.5. The van der Waals surface area contributed by atoms with E-state index >= 15 is 0 Å². The number of nitriles is 1. The number of sulfone groups is 1. The fourth-order valence-electron chi connectivity index (χ4n) is 1.64. The Balaban J connectivity index is 2.53. The van der Waals surface area contributed by atoms with E-state index in [4.69, 9.17) is 28.5 Å². The van der Waals surface area contributed by atoms with Crippen molar-refractivity contribution in [2.75, 3.05) is 0 Å². The third kappa shape index (κ3) is 3.45. The molecule has 2 aromatic carbocycles. The summed E-state index contributed by atoms with van der Waals surface area (Å²) in [6, 6.07) is 14.0. The van der Waals surface area contributed by atoms with Crippen LogP contribution in [0.15, 0.2) is 58.3 Å². The summed E-state index contributed by atoms with van der Waals surface area (Å²) in [6.45, 7) is 0. The van der Waals surface area contributed by atoms with Crippen LogP contribution in [-0.4, -0.2) is 8.42 Å². The first-order valence-corrected chi connectivity index (χ1v) is 8.06. The molecular formula is C15H9Cl2NO2S. The molecule has 0 spiro atoms. The van der Waals surface area contributed by atoms with Crippen molar-refractivity contribution in [1.82, 2.24) is 0 Å². The van der Waals surface area contributed by atoms with Crippen molar-refractivity contribution in [3.8, 4) is 6.07 Å². The topological polar surface area (TPSA) is 57.9 Å². The lowest BCUT2D eigenvalue weighted by atomic mass is 10.2. The van der Waals surface area contributed by atoms with Crippen molar-refractivity contribution in [3.63, 3.8) is 0 Å². The van der Waals surface area contributed by atoms with Gasteiger partial charge in [0.15, 0.2) is 0 Å². The maximum Gasteiger partial charge on any atom is 0.216 e. The molecule has 0 saturated heterocycles. The molecule has 21 heavy (non-hydrogen) atoms. The Labute approximate surface area is 133 Å². The Morgan fingerprint density at radius 2 is 1.67 bits per heavy atom. The summed E-state index contributed by atoms with van der Waals surface area (Å²) in [5.74, 6) is 0. The van der Waals surface area contributed by atoms with E-state index in [9.17, 15) is 8.42 Å². The third-order valence-corrected chi connectivity index (χ3v) is 4.99. The van der Waals surface area contributed by atoms with Crippen LogP contribution >= 0.6 is 23.2 Å². The summed E-state index contributed by atoms with van der Waals surface area (Å²) in [5, 5.41) is 9.95. The van der Waals surface area contributed by atoms with Crippen LogP contribution < -0.4 is 0 Å². The molecule has 0 atom stereocenters. The first kappa shape index (κ1) is 15.6. The average Bonchev–Trinajstić information content (AvgIpc) is 2.46. The molecule has 0 amide bonds. The van der Waals surface area contributed by atoms with Gasteiger partial charge in [-0.25, -0.2) is 8.42 Å². The average molecular weight is 338 g/mol. The summed E-state index contributed by atoms with van der Waals surface area (Å²) in [7, 11) is -3.90. The van der Waals surface area contributed by atoms with Crippen LogP contribution in [0.25, 0.3) is 6.08 Å².